The second-order valence-electron chi connectivity index (χ2n) is 5.89. The lowest BCUT2D eigenvalue weighted by Gasteiger charge is -2.33. The molecule has 0 radical (unpaired) electrons. The molecule has 156 valence electrons. The molecule has 0 saturated carbocycles. The Bertz CT molecular complexity index is 633. The van der Waals surface area contributed by atoms with Gasteiger partial charge in [-0.05, 0) is 27.7 Å². The molecule has 0 aliphatic rings. The van der Waals surface area contributed by atoms with E-state index in [2.05, 4.69) is 8.92 Å². The molecular weight excluding hydrogens is 415 g/mol. The van der Waals surface area contributed by atoms with E-state index in [1.54, 1.807) is 0 Å². The van der Waals surface area contributed by atoms with Gasteiger partial charge in [-0.1, -0.05) is 0 Å². The maximum atomic E-state index is 13.4. The number of ether oxygens (including phenoxy) is 1. The van der Waals surface area contributed by atoms with Gasteiger partial charge in [-0.2, -0.15) is 47.9 Å². The molecule has 0 aromatic rings. The van der Waals surface area contributed by atoms with Crippen molar-refractivity contribution in [2.24, 2.45) is 0 Å². The standard InChI is InChI=1S/C11H13F9O5S/c1-5(6(21)24-7(2,3)4)25-26(22,23)11(19,20)9(14,15)8(12,13)10(16,17)18/h5H,1-4H3/t5-/m0/s1. The van der Waals surface area contributed by atoms with Crippen LogP contribution in [-0.2, 0) is 23.8 Å². The molecule has 0 aromatic carbocycles. The lowest BCUT2D eigenvalue weighted by atomic mass is 10.1. The second kappa shape index (κ2) is 6.73. The van der Waals surface area contributed by atoms with E-state index in [4.69, 9.17) is 0 Å². The van der Waals surface area contributed by atoms with Crippen LogP contribution < -0.4 is 0 Å². The fourth-order valence-electron chi connectivity index (χ4n) is 1.19. The SMILES string of the molecule is C[C@H](OS(=O)(=O)C(F)(F)C(F)(F)C(F)(F)C(F)(F)F)C(=O)OC(C)(C)C. The van der Waals surface area contributed by atoms with Crippen LogP contribution in [-0.4, -0.2) is 49.4 Å². The molecule has 0 spiro atoms. The first-order chi connectivity index (χ1) is 11.0. The molecule has 15 heteroatoms. The predicted octanol–water partition coefficient (Wildman–Crippen LogP) is 3.49. The smallest absolute Gasteiger partial charge is 0.458 e. The van der Waals surface area contributed by atoms with Crippen LogP contribution >= 0.6 is 0 Å². The Morgan fingerprint density at radius 1 is 0.846 bits per heavy atom. The molecule has 0 saturated heterocycles. The van der Waals surface area contributed by atoms with Crippen LogP contribution in [0.2, 0.25) is 0 Å². The summed E-state index contributed by atoms with van der Waals surface area (Å²) >= 11 is 0. The highest BCUT2D eigenvalue weighted by Crippen LogP contribution is 2.55. The van der Waals surface area contributed by atoms with Crippen molar-refractivity contribution in [2.75, 3.05) is 0 Å². The summed E-state index contributed by atoms with van der Waals surface area (Å²) in [6.07, 6.45) is -9.74. The number of halogens is 9. The summed E-state index contributed by atoms with van der Waals surface area (Å²) < 4.78 is 144. The normalized spacial score (nSPS) is 16.3. The lowest BCUT2D eigenvalue weighted by molar-refractivity contribution is -0.382. The number of hydrogen-bond donors (Lipinski definition) is 0. The van der Waals surface area contributed by atoms with E-state index < -0.39 is 51.1 Å². The molecule has 0 unspecified atom stereocenters. The maximum absolute atomic E-state index is 13.4. The summed E-state index contributed by atoms with van der Waals surface area (Å²) in [4.78, 5) is 11.4. The van der Waals surface area contributed by atoms with Crippen molar-refractivity contribution in [1.82, 2.24) is 0 Å². The summed E-state index contributed by atoms with van der Waals surface area (Å²) in [5.41, 5.74) is -1.31. The van der Waals surface area contributed by atoms with E-state index >= 15 is 0 Å². The van der Waals surface area contributed by atoms with Gasteiger partial charge in [0.15, 0.2) is 6.10 Å². The van der Waals surface area contributed by atoms with Gasteiger partial charge in [0.25, 0.3) is 0 Å². The molecule has 0 rings (SSSR count). The highest BCUT2D eigenvalue weighted by atomic mass is 32.2. The molecule has 0 aliphatic heterocycles. The minimum absolute atomic E-state index is 0.418. The zero-order chi connectivity index (χ0) is 21.6. The van der Waals surface area contributed by atoms with Crippen LogP contribution in [0.1, 0.15) is 27.7 Å². The maximum Gasteiger partial charge on any atom is 0.460 e. The van der Waals surface area contributed by atoms with Crippen LogP contribution in [0.5, 0.6) is 0 Å². The molecule has 0 amide bonds. The van der Waals surface area contributed by atoms with Gasteiger partial charge >= 0.3 is 39.4 Å². The fraction of sp³-hybridized carbons (Fsp3) is 0.909. The molecule has 5 nitrogen and oxygen atoms in total. The molecular formula is C11H13F9O5S. The van der Waals surface area contributed by atoms with E-state index in [-0.39, 0.29) is 0 Å². The van der Waals surface area contributed by atoms with Crippen molar-refractivity contribution in [3.05, 3.63) is 0 Å². The Labute approximate surface area is 141 Å². The average molecular weight is 428 g/mol. The highest BCUT2D eigenvalue weighted by Gasteiger charge is 2.85. The number of rotatable bonds is 6. The van der Waals surface area contributed by atoms with E-state index in [1.165, 1.54) is 20.8 Å². The molecule has 0 N–H and O–H groups in total. The summed E-state index contributed by atoms with van der Waals surface area (Å²) in [6, 6.07) is 0. The van der Waals surface area contributed by atoms with Gasteiger partial charge in [-0.3, -0.25) is 4.18 Å². The molecule has 1 atom stereocenters. The van der Waals surface area contributed by atoms with E-state index in [9.17, 15) is 52.7 Å². The summed E-state index contributed by atoms with van der Waals surface area (Å²) in [5, 5.41) is -7.03. The third-order valence-electron chi connectivity index (χ3n) is 2.44. The Balaban J connectivity index is 5.81. The summed E-state index contributed by atoms with van der Waals surface area (Å²) in [5.74, 6) is -16.5. The number of alkyl halides is 9. The first kappa shape index (κ1) is 24.8. The van der Waals surface area contributed by atoms with Crippen LogP contribution in [0.15, 0.2) is 0 Å². The van der Waals surface area contributed by atoms with Gasteiger partial charge in [0.1, 0.15) is 5.60 Å². The third-order valence-corrected chi connectivity index (χ3v) is 3.87. The Kier molecular flexibility index (Phi) is 6.40. The summed E-state index contributed by atoms with van der Waals surface area (Å²) in [6.45, 7) is 4.12. The Morgan fingerprint density at radius 2 is 1.23 bits per heavy atom. The molecule has 26 heavy (non-hydrogen) atoms. The quantitative estimate of drug-likeness (QED) is 0.368. The molecule has 0 heterocycles. The lowest BCUT2D eigenvalue weighted by Crippen LogP contribution is -2.63. The molecule has 0 bridgehead atoms. The first-order valence-corrected chi connectivity index (χ1v) is 7.78. The summed E-state index contributed by atoms with van der Waals surface area (Å²) in [7, 11) is -7.12. The number of hydrogen-bond acceptors (Lipinski definition) is 5. The van der Waals surface area contributed by atoms with Crippen molar-refractivity contribution in [3.8, 4) is 0 Å². The van der Waals surface area contributed by atoms with Crippen molar-refractivity contribution < 1.29 is 61.6 Å². The van der Waals surface area contributed by atoms with Gasteiger partial charge in [0, 0.05) is 0 Å². The number of carbonyl (C=O) groups is 1. The zero-order valence-electron chi connectivity index (χ0n) is 13.4. The van der Waals surface area contributed by atoms with E-state index in [0.717, 1.165) is 0 Å². The number of carbonyl (C=O) groups excluding carboxylic acids is 1. The van der Waals surface area contributed by atoms with Crippen molar-refractivity contribution >= 4 is 16.1 Å². The van der Waals surface area contributed by atoms with Crippen LogP contribution in [0.4, 0.5) is 39.5 Å². The van der Waals surface area contributed by atoms with Gasteiger partial charge in [-0.25, -0.2) is 4.79 Å². The fourth-order valence-corrected chi connectivity index (χ4v) is 2.21. The van der Waals surface area contributed by atoms with Crippen molar-refractivity contribution in [1.29, 1.82) is 0 Å². The van der Waals surface area contributed by atoms with Gasteiger partial charge < -0.3 is 4.74 Å². The van der Waals surface area contributed by atoms with Crippen LogP contribution in [0, 0.1) is 0 Å². The number of esters is 1. The Morgan fingerprint density at radius 3 is 1.54 bits per heavy atom. The topological polar surface area (TPSA) is 69.7 Å². The van der Waals surface area contributed by atoms with Gasteiger partial charge in [0.2, 0.25) is 0 Å². The molecule has 0 aromatic heterocycles. The first-order valence-electron chi connectivity index (χ1n) is 6.37. The average Bonchev–Trinajstić information content (AvgIpc) is 2.33. The van der Waals surface area contributed by atoms with E-state index in [0.29, 0.717) is 6.92 Å². The van der Waals surface area contributed by atoms with Crippen molar-refractivity contribution in [3.63, 3.8) is 0 Å². The minimum Gasteiger partial charge on any atom is -0.458 e. The molecule has 0 fully saturated rings. The van der Waals surface area contributed by atoms with Crippen LogP contribution in [0.25, 0.3) is 0 Å². The Hall–Kier alpha value is -1.25. The van der Waals surface area contributed by atoms with E-state index in [1.807, 2.05) is 0 Å². The van der Waals surface area contributed by atoms with Gasteiger partial charge in [-0.15, -0.1) is 0 Å². The monoisotopic (exact) mass is 428 g/mol. The second-order valence-corrected chi connectivity index (χ2v) is 7.50. The third kappa shape index (κ3) is 4.53. The zero-order valence-corrected chi connectivity index (χ0v) is 14.2. The van der Waals surface area contributed by atoms with Crippen LogP contribution in [0.3, 0.4) is 0 Å². The minimum atomic E-state index is -7.44. The predicted molar refractivity (Wildman–Crippen MR) is 66.2 cm³/mol. The molecule has 0 aliphatic carbocycles. The largest absolute Gasteiger partial charge is 0.460 e. The van der Waals surface area contributed by atoms with Crippen molar-refractivity contribution in [2.45, 2.75) is 62.7 Å². The van der Waals surface area contributed by atoms with Gasteiger partial charge in [0.05, 0.1) is 0 Å². The highest BCUT2D eigenvalue weighted by molar-refractivity contribution is 7.87.